The predicted octanol–water partition coefficient (Wildman–Crippen LogP) is 2.51. The van der Waals surface area contributed by atoms with Crippen LogP contribution in [0.15, 0.2) is 29.2 Å². The molecule has 4 nitrogen and oxygen atoms in total. The van der Waals surface area contributed by atoms with E-state index in [0.717, 1.165) is 12.8 Å². The van der Waals surface area contributed by atoms with E-state index in [9.17, 15) is 8.42 Å². The first-order chi connectivity index (χ1) is 8.96. The third-order valence-electron chi connectivity index (χ3n) is 3.73. The average molecular weight is 339 g/mol. The molecule has 0 aliphatic carbocycles. The minimum Gasteiger partial charge on any atom is -0.329 e. The first kappa shape index (κ1) is 17.7. The minimum atomic E-state index is -3.48. The van der Waals surface area contributed by atoms with Crippen LogP contribution < -0.4 is 5.73 Å². The maximum atomic E-state index is 12.6. The summed E-state index contributed by atoms with van der Waals surface area (Å²) in [5.74, 6) is 0.292. The summed E-state index contributed by atoms with van der Waals surface area (Å²) in [5.41, 5.74) is 5.76. The lowest BCUT2D eigenvalue weighted by Gasteiger charge is -2.38. The van der Waals surface area contributed by atoms with Crippen LogP contribution in [0.5, 0.6) is 0 Å². The molecule has 7 heteroatoms. The first-order valence-corrected chi connectivity index (χ1v) is 8.26. The molecule has 1 saturated heterocycles. The molecule has 1 heterocycles. The molecule has 2 unspecified atom stereocenters. The van der Waals surface area contributed by atoms with Gasteiger partial charge in [-0.2, -0.15) is 4.31 Å². The van der Waals surface area contributed by atoms with E-state index in [0.29, 0.717) is 24.0 Å². The van der Waals surface area contributed by atoms with Gasteiger partial charge in [0, 0.05) is 24.2 Å². The zero-order chi connectivity index (χ0) is 14.0. The van der Waals surface area contributed by atoms with Crippen molar-refractivity contribution >= 4 is 34.0 Å². The molecule has 0 saturated carbocycles. The summed E-state index contributed by atoms with van der Waals surface area (Å²) in [7, 11) is -3.48. The van der Waals surface area contributed by atoms with Gasteiger partial charge in [0.25, 0.3) is 0 Å². The highest BCUT2D eigenvalue weighted by Gasteiger charge is 2.36. The molecule has 2 atom stereocenters. The van der Waals surface area contributed by atoms with Gasteiger partial charge in [0.15, 0.2) is 0 Å². The van der Waals surface area contributed by atoms with E-state index in [1.807, 2.05) is 0 Å². The Kier molecular flexibility index (Phi) is 6.28. The second-order valence-electron chi connectivity index (χ2n) is 4.99. The number of hydrogen-bond donors (Lipinski definition) is 1. The Labute approximate surface area is 131 Å². The van der Waals surface area contributed by atoms with Crippen molar-refractivity contribution in [2.24, 2.45) is 11.7 Å². The Bertz CT molecular complexity index is 534. The predicted molar refractivity (Wildman–Crippen MR) is 83.8 cm³/mol. The van der Waals surface area contributed by atoms with E-state index in [-0.39, 0.29) is 23.3 Å². The highest BCUT2D eigenvalue weighted by Crippen LogP contribution is 2.28. The van der Waals surface area contributed by atoms with Crippen molar-refractivity contribution in [3.63, 3.8) is 0 Å². The van der Waals surface area contributed by atoms with Gasteiger partial charge in [0.2, 0.25) is 10.0 Å². The molecule has 0 amide bonds. The van der Waals surface area contributed by atoms with E-state index < -0.39 is 10.0 Å². The lowest BCUT2D eigenvalue weighted by Crippen LogP contribution is -2.51. The highest BCUT2D eigenvalue weighted by molar-refractivity contribution is 7.89. The fraction of sp³-hybridized carbons (Fsp3) is 0.538. The maximum Gasteiger partial charge on any atom is 0.243 e. The lowest BCUT2D eigenvalue weighted by atomic mass is 9.93. The molecule has 1 fully saturated rings. The number of nitrogens with zero attached hydrogens (tertiary/aromatic N) is 1. The number of rotatable bonds is 3. The van der Waals surface area contributed by atoms with E-state index in [1.54, 1.807) is 28.6 Å². The number of hydrogen-bond acceptors (Lipinski definition) is 3. The summed E-state index contributed by atoms with van der Waals surface area (Å²) < 4.78 is 26.8. The molecule has 0 bridgehead atoms. The Morgan fingerprint density at radius 3 is 2.50 bits per heavy atom. The van der Waals surface area contributed by atoms with Crippen LogP contribution in [-0.4, -0.2) is 31.9 Å². The van der Waals surface area contributed by atoms with E-state index in [4.69, 9.17) is 17.3 Å². The fourth-order valence-electron chi connectivity index (χ4n) is 2.60. The minimum absolute atomic E-state index is 0. The molecule has 1 aromatic rings. The second-order valence-corrected chi connectivity index (χ2v) is 7.32. The van der Waals surface area contributed by atoms with Gasteiger partial charge in [-0.05, 0) is 43.0 Å². The van der Waals surface area contributed by atoms with Gasteiger partial charge in [-0.1, -0.05) is 18.5 Å². The monoisotopic (exact) mass is 338 g/mol. The zero-order valence-corrected chi connectivity index (χ0v) is 13.7. The van der Waals surface area contributed by atoms with Crippen molar-refractivity contribution in [1.29, 1.82) is 0 Å². The van der Waals surface area contributed by atoms with Gasteiger partial charge >= 0.3 is 0 Å². The largest absolute Gasteiger partial charge is 0.329 e. The summed E-state index contributed by atoms with van der Waals surface area (Å²) in [6.07, 6.45) is 1.90. The molecule has 1 aromatic carbocycles. The van der Waals surface area contributed by atoms with Gasteiger partial charge in [0.05, 0.1) is 4.90 Å². The van der Waals surface area contributed by atoms with Crippen LogP contribution >= 0.6 is 24.0 Å². The molecule has 0 radical (unpaired) electrons. The topological polar surface area (TPSA) is 63.4 Å². The fourth-order valence-corrected chi connectivity index (χ4v) is 4.50. The van der Waals surface area contributed by atoms with Crippen LogP contribution in [0.1, 0.15) is 19.8 Å². The number of piperidine rings is 1. The molecule has 0 spiro atoms. The van der Waals surface area contributed by atoms with E-state index >= 15 is 0 Å². The SMILES string of the molecule is CC1CCCN(S(=O)(=O)c2ccc(Cl)cc2)C1CN.Cl. The van der Waals surface area contributed by atoms with Crippen molar-refractivity contribution in [2.75, 3.05) is 13.1 Å². The lowest BCUT2D eigenvalue weighted by molar-refractivity contribution is 0.192. The van der Waals surface area contributed by atoms with Gasteiger partial charge in [-0.15, -0.1) is 12.4 Å². The molecule has 20 heavy (non-hydrogen) atoms. The zero-order valence-electron chi connectivity index (χ0n) is 11.3. The van der Waals surface area contributed by atoms with Crippen molar-refractivity contribution in [2.45, 2.75) is 30.7 Å². The van der Waals surface area contributed by atoms with Crippen molar-refractivity contribution < 1.29 is 8.42 Å². The number of halogens is 2. The molecule has 2 rings (SSSR count). The highest BCUT2D eigenvalue weighted by atomic mass is 35.5. The summed E-state index contributed by atoms with van der Waals surface area (Å²) in [6.45, 7) is 2.95. The Balaban J connectivity index is 0.00000200. The Morgan fingerprint density at radius 1 is 1.35 bits per heavy atom. The third kappa shape index (κ3) is 3.46. The molecule has 114 valence electrons. The summed E-state index contributed by atoms with van der Waals surface area (Å²) in [5, 5.41) is 0.529. The molecule has 1 aliphatic heterocycles. The summed E-state index contributed by atoms with van der Waals surface area (Å²) in [6, 6.07) is 6.17. The first-order valence-electron chi connectivity index (χ1n) is 6.44. The quantitative estimate of drug-likeness (QED) is 0.920. The summed E-state index contributed by atoms with van der Waals surface area (Å²) in [4.78, 5) is 0.282. The molecular weight excluding hydrogens is 319 g/mol. The van der Waals surface area contributed by atoms with Crippen LogP contribution in [0.4, 0.5) is 0 Å². The standard InChI is InChI=1S/C13H19ClN2O2S.ClH/c1-10-3-2-8-16(13(10)9-15)19(17,18)12-6-4-11(14)5-7-12;/h4-7,10,13H,2-3,8-9,15H2,1H3;1H. The maximum absolute atomic E-state index is 12.6. The van der Waals surface area contributed by atoms with E-state index in [2.05, 4.69) is 6.92 Å². The van der Waals surface area contributed by atoms with Crippen LogP contribution in [-0.2, 0) is 10.0 Å². The van der Waals surface area contributed by atoms with Gasteiger partial charge in [-0.3, -0.25) is 0 Å². The van der Waals surface area contributed by atoms with Crippen LogP contribution in [0.25, 0.3) is 0 Å². The van der Waals surface area contributed by atoms with Crippen LogP contribution in [0, 0.1) is 5.92 Å². The number of nitrogens with two attached hydrogens (primary N) is 1. The molecular formula is C13H20Cl2N2O2S. The normalized spacial score (nSPS) is 24.1. The second kappa shape index (κ2) is 7.09. The molecule has 2 N–H and O–H groups in total. The van der Waals surface area contributed by atoms with Crippen molar-refractivity contribution in [3.05, 3.63) is 29.3 Å². The van der Waals surface area contributed by atoms with Gasteiger partial charge in [0.1, 0.15) is 0 Å². The van der Waals surface area contributed by atoms with Crippen molar-refractivity contribution in [1.82, 2.24) is 4.31 Å². The van der Waals surface area contributed by atoms with Crippen LogP contribution in [0.2, 0.25) is 5.02 Å². The third-order valence-corrected chi connectivity index (χ3v) is 5.92. The smallest absolute Gasteiger partial charge is 0.243 e. The Hall–Kier alpha value is -0.330. The van der Waals surface area contributed by atoms with Crippen molar-refractivity contribution in [3.8, 4) is 0 Å². The number of sulfonamides is 1. The van der Waals surface area contributed by atoms with Gasteiger partial charge < -0.3 is 5.73 Å². The van der Waals surface area contributed by atoms with Crippen LogP contribution in [0.3, 0.4) is 0 Å². The van der Waals surface area contributed by atoms with Gasteiger partial charge in [-0.25, -0.2) is 8.42 Å². The Morgan fingerprint density at radius 2 is 1.95 bits per heavy atom. The van der Waals surface area contributed by atoms with E-state index in [1.165, 1.54) is 0 Å². The average Bonchev–Trinajstić information content (AvgIpc) is 2.39. The summed E-state index contributed by atoms with van der Waals surface area (Å²) >= 11 is 5.80. The molecule has 0 aromatic heterocycles. The number of benzene rings is 1. The molecule has 1 aliphatic rings.